The molecule has 0 fully saturated rings. The van der Waals surface area contributed by atoms with Gasteiger partial charge in [-0.15, -0.1) is 4.83 Å². The normalized spacial score (nSPS) is 11.0. The quantitative estimate of drug-likeness (QED) is 0.315. The summed E-state index contributed by atoms with van der Waals surface area (Å²) in [6.45, 7) is 0. The average molecular weight is 404 g/mol. The molecule has 26 heavy (non-hydrogen) atoms. The van der Waals surface area contributed by atoms with Crippen LogP contribution in [-0.2, 0) is 20.4 Å². The molecule has 0 aliphatic carbocycles. The standard InChI is InChI=1S/C8H8O2.C6H8N2O6S2/c1-10-8-4-2-7(6-9)3-5-8;9-15(10,11)6-3-1-5(2-4-6)7-8-16(12,13)14/h2-6H,1H3;1-4,7-8H,(H,9,10,11)(H,12,13,14). The van der Waals surface area contributed by atoms with Crippen LogP contribution in [0.4, 0.5) is 5.69 Å². The minimum absolute atomic E-state index is 0.185. The van der Waals surface area contributed by atoms with Crippen LogP contribution in [0.3, 0.4) is 0 Å². The van der Waals surface area contributed by atoms with E-state index in [0.29, 0.717) is 5.56 Å². The number of nitrogens with one attached hydrogen (secondary N) is 2. The van der Waals surface area contributed by atoms with E-state index in [4.69, 9.17) is 13.8 Å². The van der Waals surface area contributed by atoms with Crippen molar-refractivity contribution >= 4 is 32.4 Å². The van der Waals surface area contributed by atoms with E-state index in [1.54, 1.807) is 36.2 Å². The number of hydrogen-bond acceptors (Lipinski definition) is 7. The Morgan fingerprint density at radius 1 is 0.923 bits per heavy atom. The molecule has 0 spiro atoms. The van der Waals surface area contributed by atoms with E-state index >= 15 is 0 Å². The highest BCUT2D eigenvalue weighted by Crippen LogP contribution is 2.12. The third kappa shape index (κ3) is 8.04. The molecule has 0 aromatic heterocycles. The van der Waals surface area contributed by atoms with Crippen LogP contribution in [-0.4, -0.2) is 39.3 Å². The molecular formula is C14H16N2O8S2. The Bertz CT molecular complexity index is 924. The number of carbonyl (C=O) groups excluding carboxylic acids is 1. The molecule has 142 valence electrons. The van der Waals surface area contributed by atoms with Gasteiger partial charge in [0.05, 0.1) is 12.0 Å². The molecule has 2 aromatic rings. The van der Waals surface area contributed by atoms with Gasteiger partial charge in [0.25, 0.3) is 10.1 Å². The molecule has 12 heteroatoms. The maximum Gasteiger partial charge on any atom is 0.350 e. The fraction of sp³-hybridized carbons (Fsp3) is 0.0714. The van der Waals surface area contributed by atoms with Crippen molar-refractivity contribution in [2.75, 3.05) is 12.5 Å². The van der Waals surface area contributed by atoms with Crippen molar-refractivity contribution < 1.29 is 35.5 Å². The number of rotatable bonds is 6. The highest BCUT2D eigenvalue weighted by molar-refractivity contribution is 7.85. The van der Waals surface area contributed by atoms with Crippen molar-refractivity contribution in [1.82, 2.24) is 4.83 Å². The zero-order valence-electron chi connectivity index (χ0n) is 13.4. The molecule has 2 aromatic carbocycles. The van der Waals surface area contributed by atoms with Gasteiger partial charge < -0.3 is 10.2 Å². The van der Waals surface area contributed by atoms with Crippen molar-refractivity contribution in [2.24, 2.45) is 0 Å². The van der Waals surface area contributed by atoms with Gasteiger partial charge in [-0.2, -0.15) is 16.8 Å². The van der Waals surface area contributed by atoms with Crippen LogP contribution in [0, 0.1) is 0 Å². The second-order valence-electron chi connectivity index (χ2n) is 4.59. The second kappa shape index (κ2) is 9.26. The lowest BCUT2D eigenvalue weighted by molar-refractivity contribution is 0.112. The average Bonchev–Trinajstić information content (AvgIpc) is 2.59. The maximum atomic E-state index is 10.6. The maximum absolute atomic E-state index is 10.6. The molecule has 0 saturated heterocycles. The van der Waals surface area contributed by atoms with Gasteiger partial charge in [0.1, 0.15) is 12.0 Å². The first-order valence-electron chi connectivity index (χ1n) is 6.72. The fourth-order valence-electron chi connectivity index (χ4n) is 1.52. The van der Waals surface area contributed by atoms with Gasteiger partial charge in [0, 0.05) is 11.3 Å². The summed E-state index contributed by atoms with van der Waals surface area (Å²) >= 11 is 0. The molecule has 0 aliphatic heterocycles. The first-order valence-corrected chi connectivity index (χ1v) is 9.60. The third-order valence-electron chi connectivity index (χ3n) is 2.73. The summed E-state index contributed by atoms with van der Waals surface area (Å²) in [6, 6.07) is 11.4. The number of aldehydes is 1. The molecule has 0 heterocycles. The predicted molar refractivity (Wildman–Crippen MR) is 92.9 cm³/mol. The van der Waals surface area contributed by atoms with Crippen LogP contribution < -0.4 is 15.0 Å². The number of ether oxygens (including phenoxy) is 1. The van der Waals surface area contributed by atoms with Crippen molar-refractivity contribution in [3.8, 4) is 5.75 Å². The minimum atomic E-state index is -4.39. The smallest absolute Gasteiger partial charge is 0.350 e. The summed E-state index contributed by atoms with van der Waals surface area (Å²) in [5.41, 5.74) is 2.95. The topological polar surface area (TPSA) is 159 Å². The molecule has 0 aliphatic rings. The van der Waals surface area contributed by atoms with Crippen LogP contribution in [0.5, 0.6) is 5.75 Å². The highest BCUT2D eigenvalue weighted by atomic mass is 32.2. The second-order valence-corrected chi connectivity index (χ2v) is 7.17. The molecule has 10 nitrogen and oxygen atoms in total. The fourth-order valence-corrected chi connectivity index (χ4v) is 2.24. The van der Waals surface area contributed by atoms with Crippen LogP contribution in [0.1, 0.15) is 10.4 Å². The minimum Gasteiger partial charge on any atom is -0.497 e. The largest absolute Gasteiger partial charge is 0.497 e. The van der Waals surface area contributed by atoms with E-state index in [2.05, 4.69) is 5.43 Å². The summed E-state index contributed by atoms with van der Waals surface area (Å²) in [4.78, 5) is 11.4. The van der Waals surface area contributed by atoms with Gasteiger partial charge >= 0.3 is 10.3 Å². The van der Waals surface area contributed by atoms with Gasteiger partial charge in [-0.3, -0.25) is 13.9 Å². The first kappa shape index (κ1) is 21.5. The Hall–Kier alpha value is -2.51. The van der Waals surface area contributed by atoms with Gasteiger partial charge in [-0.1, -0.05) is 0 Å². The van der Waals surface area contributed by atoms with E-state index in [9.17, 15) is 21.6 Å². The lowest BCUT2D eigenvalue weighted by Crippen LogP contribution is -2.28. The monoisotopic (exact) mass is 404 g/mol. The number of methoxy groups -OCH3 is 1. The molecule has 2 rings (SSSR count). The van der Waals surface area contributed by atoms with Gasteiger partial charge in [0.2, 0.25) is 0 Å². The molecule has 0 unspecified atom stereocenters. The van der Waals surface area contributed by atoms with Gasteiger partial charge in [-0.25, -0.2) is 0 Å². The Labute approximate surface area is 150 Å². The lowest BCUT2D eigenvalue weighted by atomic mass is 10.2. The summed E-state index contributed by atoms with van der Waals surface area (Å²) in [5.74, 6) is 0.769. The van der Waals surface area contributed by atoms with E-state index in [-0.39, 0.29) is 10.6 Å². The summed E-state index contributed by atoms with van der Waals surface area (Å²) in [7, 11) is -7.08. The first-order chi connectivity index (χ1) is 12.0. The highest BCUT2D eigenvalue weighted by Gasteiger charge is 2.08. The lowest BCUT2D eigenvalue weighted by Gasteiger charge is -2.05. The Kier molecular flexibility index (Phi) is 7.67. The van der Waals surface area contributed by atoms with Crippen molar-refractivity contribution in [2.45, 2.75) is 4.90 Å². The van der Waals surface area contributed by atoms with E-state index in [0.717, 1.165) is 24.2 Å². The summed E-state index contributed by atoms with van der Waals surface area (Å²) in [5, 5.41) is 0. The number of hydrogen-bond donors (Lipinski definition) is 4. The molecule has 0 amide bonds. The number of anilines is 1. The molecule has 0 radical (unpaired) electrons. The third-order valence-corrected chi connectivity index (χ3v) is 3.96. The molecule has 0 saturated carbocycles. The summed E-state index contributed by atoms with van der Waals surface area (Å²) in [6.07, 6.45) is 0.805. The zero-order valence-corrected chi connectivity index (χ0v) is 15.0. The van der Waals surface area contributed by atoms with E-state index in [1.807, 2.05) is 0 Å². The number of benzene rings is 2. The predicted octanol–water partition coefficient (Wildman–Crippen LogP) is 1.16. The van der Waals surface area contributed by atoms with Crippen LogP contribution in [0.25, 0.3) is 0 Å². The van der Waals surface area contributed by atoms with Crippen molar-refractivity contribution in [3.63, 3.8) is 0 Å². The molecule has 4 N–H and O–H groups in total. The van der Waals surface area contributed by atoms with Gasteiger partial charge in [0.15, 0.2) is 0 Å². The molecular weight excluding hydrogens is 388 g/mol. The summed E-state index contributed by atoms with van der Waals surface area (Å²) < 4.78 is 63.7. The van der Waals surface area contributed by atoms with Crippen molar-refractivity contribution in [3.05, 3.63) is 54.1 Å². The Balaban J connectivity index is 0.000000289. The van der Waals surface area contributed by atoms with Crippen LogP contribution in [0.15, 0.2) is 53.4 Å². The van der Waals surface area contributed by atoms with Crippen molar-refractivity contribution in [1.29, 1.82) is 0 Å². The number of hydrazine groups is 1. The van der Waals surface area contributed by atoms with E-state index in [1.165, 1.54) is 12.1 Å². The molecule has 0 atom stereocenters. The van der Waals surface area contributed by atoms with Crippen LogP contribution >= 0.6 is 0 Å². The molecule has 0 bridgehead atoms. The Morgan fingerprint density at radius 2 is 1.46 bits per heavy atom. The van der Waals surface area contributed by atoms with Crippen LogP contribution in [0.2, 0.25) is 0 Å². The number of carbonyl (C=O) groups is 1. The SMILES string of the molecule is COc1ccc(C=O)cc1.O=S(=O)(O)NNc1ccc(S(=O)(=O)O)cc1. The van der Waals surface area contributed by atoms with E-state index < -0.39 is 20.4 Å². The zero-order chi connectivity index (χ0) is 19.8. The van der Waals surface area contributed by atoms with Gasteiger partial charge in [-0.05, 0) is 48.5 Å². The Morgan fingerprint density at radius 3 is 1.85 bits per heavy atom.